The first-order chi connectivity index (χ1) is 3.48. The predicted molar refractivity (Wildman–Crippen MR) is 32.5 cm³/mol. The van der Waals surface area contributed by atoms with Gasteiger partial charge in [-0.1, -0.05) is 0 Å². The molecule has 2 nitrogen and oxygen atoms in total. The molecule has 3 heteroatoms. The minimum atomic E-state index is -1.39. The van der Waals surface area contributed by atoms with E-state index in [1.807, 2.05) is 0 Å². The van der Waals surface area contributed by atoms with Crippen molar-refractivity contribution in [3.05, 3.63) is 0 Å². The summed E-state index contributed by atoms with van der Waals surface area (Å²) in [5.41, 5.74) is 0. The summed E-state index contributed by atoms with van der Waals surface area (Å²) in [4.78, 5) is 0. The van der Waals surface area contributed by atoms with Crippen molar-refractivity contribution in [3.63, 3.8) is 0 Å². The molecule has 0 N–H and O–H groups in total. The van der Waals surface area contributed by atoms with Crippen LogP contribution in [0.5, 0.6) is 0 Å². The molecular weight excluding hydrogens is 107 g/mol. The molecule has 0 aromatic rings. The number of hydrogen-bond acceptors (Lipinski definition) is 2. The highest BCUT2D eigenvalue weighted by atomic mass is 19.1. The topological polar surface area (TPSA) is 15.6 Å². The number of halogens is 1. The second-order valence-electron chi connectivity index (χ2n) is 2.07. The standard InChI is InChI=1S/C5H11FN2/c1-5(2,6)8(4)7-3/h3H2,1-2,4H3. The largest absolute Gasteiger partial charge is 0.265 e. The quantitative estimate of drug-likeness (QED) is 0.302. The Morgan fingerprint density at radius 3 is 2.00 bits per heavy atom. The molecule has 0 aliphatic carbocycles. The first-order valence-electron chi connectivity index (χ1n) is 2.38. The summed E-state index contributed by atoms with van der Waals surface area (Å²) in [6.07, 6.45) is 0. The summed E-state index contributed by atoms with van der Waals surface area (Å²) >= 11 is 0. The summed E-state index contributed by atoms with van der Waals surface area (Å²) in [5.74, 6) is -1.39. The van der Waals surface area contributed by atoms with E-state index >= 15 is 0 Å². The fourth-order valence-corrected chi connectivity index (χ4v) is 0.168. The molecule has 0 aliphatic rings. The van der Waals surface area contributed by atoms with Gasteiger partial charge in [-0.3, -0.25) is 5.01 Å². The monoisotopic (exact) mass is 118 g/mol. The highest BCUT2D eigenvalue weighted by molar-refractivity contribution is 5.22. The van der Waals surface area contributed by atoms with Crippen molar-refractivity contribution in [2.24, 2.45) is 5.10 Å². The molecule has 0 bridgehead atoms. The van der Waals surface area contributed by atoms with Gasteiger partial charge < -0.3 is 0 Å². The molecule has 0 aliphatic heterocycles. The van der Waals surface area contributed by atoms with Crippen LogP contribution in [0.15, 0.2) is 5.10 Å². The summed E-state index contributed by atoms with van der Waals surface area (Å²) in [5, 5.41) is 4.53. The maximum absolute atomic E-state index is 12.6. The van der Waals surface area contributed by atoms with Crippen LogP contribution in [-0.4, -0.2) is 24.6 Å². The Morgan fingerprint density at radius 2 is 2.00 bits per heavy atom. The van der Waals surface area contributed by atoms with Gasteiger partial charge in [0.25, 0.3) is 0 Å². The number of hydrazone groups is 1. The van der Waals surface area contributed by atoms with Crippen LogP contribution in [0.1, 0.15) is 13.8 Å². The van der Waals surface area contributed by atoms with Crippen molar-refractivity contribution in [1.29, 1.82) is 0 Å². The van der Waals surface area contributed by atoms with Crippen LogP contribution in [0, 0.1) is 0 Å². The van der Waals surface area contributed by atoms with Gasteiger partial charge in [-0.15, -0.1) is 0 Å². The predicted octanol–water partition coefficient (Wildman–Crippen LogP) is 1.24. The van der Waals surface area contributed by atoms with Crippen molar-refractivity contribution in [2.45, 2.75) is 19.6 Å². The molecule has 0 rings (SSSR count). The van der Waals surface area contributed by atoms with E-state index in [1.165, 1.54) is 20.9 Å². The fourth-order valence-electron chi connectivity index (χ4n) is 0.168. The number of alkyl halides is 1. The first-order valence-corrected chi connectivity index (χ1v) is 2.38. The molecule has 0 heterocycles. The zero-order valence-electron chi connectivity index (χ0n) is 5.48. The fraction of sp³-hybridized carbons (Fsp3) is 0.800. The Bertz CT molecular complexity index is 84.9. The molecule has 0 saturated carbocycles. The lowest BCUT2D eigenvalue weighted by Gasteiger charge is -2.23. The molecule has 0 aromatic heterocycles. The normalized spacial score (nSPS) is 11.0. The van der Waals surface area contributed by atoms with E-state index in [-0.39, 0.29) is 0 Å². The molecule has 48 valence electrons. The SMILES string of the molecule is C=NN(C)C(C)(C)F. The first kappa shape index (κ1) is 7.40. The third-order valence-electron chi connectivity index (χ3n) is 0.982. The summed E-state index contributed by atoms with van der Waals surface area (Å²) in [6, 6.07) is 0. The zero-order chi connectivity index (χ0) is 6.78. The Kier molecular flexibility index (Phi) is 1.95. The van der Waals surface area contributed by atoms with Crippen LogP contribution < -0.4 is 0 Å². The Balaban J connectivity index is 3.80. The van der Waals surface area contributed by atoms with Crippen LogP contribution in [0.2, 0.25) is 0 Å². The third kappa shape index (κ3) is 1.91. The third-order valence-corrected chi connectivity index (χ3v) is 0.982. The van der Waals surface area contributed by atoms with Crippen LogP contribution in [0.3, 0.4) is 0 Å². The number of rotatable bonds is 2. The van der Waals surface area contributed by atoms with E-state index in [0.29, 0.717) is 0 Å². The summed E-state index contributed by atoms with van der Waals surface area (Å²) < 4.78 is 12.6. The maximum atomic E-state index is 12.6. The maximum Gasteiger partial charge on any atom is 0.191 e. The van der Waals surface area contributed by atoms with Gasteiger partial charge in [0.2, 0.25) is 0 Å². The lowest BCUT2D eigenvalue weighted by molar-refractivity contribution is 0.0230. The lowest BCUT2D eigenvalue weighted by Crippen LogP contribution is -2.31. The van der Waals surface area contributed by atoms with Gasteiger partial charge in [0.05, 0.1) is 0 Å². The summed E-state index contributed by atoms with van der Waals surface area (Å²) in [6.45, 7) is 6.00. The van der Waals surface area contributed by atoms with Gasteiger partial charge in [-0.2, -0.15) is 5.10 Å². The molecule has 0 atom stereocenters. The van der Waals surface area contributed by atoms with Crippen molar-refractivity contribution in [3.8, 4) is 0 Å². The van der Waals surface area contributed by atoms with Crippen LogP contribution in [0.4, 0.5) is 4.39 Å². The average Bonchev–Trinajstić information content (AvgIpc) is 1.62. The minimum absolute atomic E-state index is 1.16. The Labute approximate surface area is 49.0 Å². The van der Waals surface area contributed by atoms with E-state index in [0.717, 1.165) is 5.01 Å². The van der Waals surface area contributed by atoms with Crippen molar-refractivity contribution in [1.82, 2.24) is 5.01 Å². The van der Waals surface area contributed by atoms with E-state index in [1.54, 1.807) is 0 Å². The van der Waals surface area contributed by atoms with Gasteiger partial charge >= 0.3 is 0 Å². The van der Waals surface area contributed by atoms with Crippen molar-refractivity contribution < 1.29 is 4.39 Å². The van der Waals surface area contributed by atoms with Gasteiger partial charge in [0.1, 0.15) is 0 Å². The average molecular weight is 118 g/mol. The molecule has 0 unspecified atom stereocenters. The minimum Gasteiger partial charge on any atom is -0.265 e. The van der Waals surface area contributed by atoms with E-state index in [2.05, 4.69) is 11.8 Å². The van der Waals surface area contributed by atoms with Gasteiger partial charge in [-0.25, -0.2) is 4.39 Å². The molecular formula is C5H11FN2. The number of nitrogens with zero attached hydrogens (tertiary/aromatic N) is 2. The molecule has 0 radical (unpaired) electrons. The van der Waals surface area contributed by atoms with E-state index < -0.39 is 5.79 Å². The lowest BCUT2D eigenvalue weighted by atomic mass is 10.3. The molecule has 0 aromatic carbocycles. The van der Waals surface area contributed by atoms with E-state index in [9.17, 15) is 4.39 Å². The Morgan fingerprint density at radius 1 is 1.62 bits per heavy atom. The van der Waals surface area contributed by atoms with Crippen LogP contribution >= 0.6 is 0 Å². The highest BCUT2D eigenvalue weighted by Crippen LogP contribution is 2.11. The summed E-state index contributed by atoms with van der Waals surface area (Å²) in [7, 11) is 1.53. The molecule has 0 amide bonds. The van der Waals surface area contributed by atoms with Gasteiger partial charge in [0, 0.05) is 13.8 Å². The molecule has 8 heavy (non-hydrogen) atoms. The van der Waals surface area contributed by atoms with Crippen molar-refractivity contribution in [2.75, 3.05) is 7.05 Å². The second kappa shape index (κ2) is 2.11. The zero-order valence-corrected chi connectivity index (χ0v) is 5.48. The van der Waals surface area contributed by atoms with Crippen molar-refractivity contribution >= 4 is 6.72 Å². The Hall–Kier alpha value is -0.600. The molecule has 0 spiro atoms. The van der Waals surface area contributed by atoms with Gasteiger partial charge in [-0.05, 0) is 13.8 Å². The van der Waals surface area contributed by atoms with E-state index in [4.69, 9.17) is 0 Å². The van der Waals surface area contributed by atoms with Crippen LogP contribution in [-0.2, 0) is 0 Å². The van der Waals surface area contributed by atoms with Crippen LogP contribution in [0.25, 0.3) is 0 Å². The molecule has 0 saturated heterocycles. The second-order valence-corrected chi connectivity index (χ2v) is 2.07. The number of hydrogen-bond donors (Lipinski definition) is 0. The molecule has 0 fully saturated rings. The smallest absolute Gasteiger partial charge is 0.191 e. The van der Waals surface area contributed by atoms with Gasteiger partial charge in [0.15, 0.2) is 5.79 Å². The highest BCUT2D eigenvalue weighted by Gasteiger charge is 2.18.